The topological polar surface area (TPSA) is 236 Å². The molecule has 0 aromatic rings. The number of nitrogens with two attached hydrogens (primary N) is 2. The van der Waals surface area contributed by atoms with Crippen LogP contribution in [0.3, 0.4) is 0 Å². The van der Waals surface area contributed by atoms with Crippen molar-refractivity contribution in [1.82, 2.24) is 6.15 Å². The maximum absolute atomic E-state index is 9.00. The molecule has 11 N–H and O–H groups in total. The Kier molecular flexibility index (Phi) is 83.0. The minimum atomic E-state index is -0.833. The molecule has 0 saturated carbocycles. The summed E-state index contributed by atoms with van der Waals surface area (Å²) in [5.74, 6) is -3.33. The van der Waals surface area contributed by atoms with Crippen molar-refractivity contribution in [1.29, 1.82) is 0 Å². The summed E-state index contributed by atoms with van der Waals surface area (Å²) in [5, 5.41) is 29.7. The molecule has 1 radical (unpaired) electrons. The molecule has 141 valence electrons. The standard InChI is InChI=1S/C2H8N2.4C2H4O2.Cu.H3N/c3-1-2-4;4*1-2(3)4;;/h1-4H2;4*1H3,(H,3,4);;1H3. The molecule has 0 atom stereocenters. The molecule has 0 unspecified atom stereocenters. The van der Waals surface area contributed by atoms with E-state index in [2.05, 4.69) is 0 Å². The van der Waals surface area contributed by atoms with Crippen LogP contribution in [0.1, 0.15) is 27.7 Å². The maximum atomic E-state index is 9.00. The average molecular weight is 381 g/mol. The van der Waals surface area contributed by atoms with E-state index in [1.54, 1.807) is 0 Å². The molecule has 0 rings (SSSR count). The third-order valence-electron chi connectivity index (χ3n) is 0.167. The number of carbonyl (C=O) groups is 4. The van der Waals surface area contributed by atoms with Crippen LogP contribution in [0, 0.1) is 0 Å². The van der Waals surface area contributed by atoms with Crippen molar-refractivity contribution in [2.75, 3.05) is 13.1 Å². The predicted molar refractivity (Wildman–Crippen MR) is 76.4 cm³/mol. The fourth-order valence-electron chi connectivity index (χ4n) is 0. The molecular weight excluding hydrogens is 354 g/mol. The van der Waals surface area contributed by atoms with E-state index in [1.807, 2.05) is 0 Å². The van der Waals surface area contributed by atoms with Crippen LogP contribution in [-0.2, 0) is 36.2 Å². The second kappa shape index (κ2) is 42.7. The summed E-state index contributed by atoms with van der Waals surface area (Å²) in [7, 11) is 0. The Labute approximate surface area is 139 Å². The molecule has 0 bridgehead atoms. The van der Waals surface area contributed by atoms with Gasteiger partial charge in [-0.25, -0.2) is 0 Å². The Morgan fingerprint density at radius 2 is 0.682 bits per heavy atom. The van der Waals surface area contributed by atoms with E-state index in [9.17, 15) is 0 Å². The van der Waals surface area contributed by atoms with E-state index < -0.39 is 23.9 Å². The van der Waals surface area contributed by atoms with E-state index in [0.29, 0.717) is 13.1 Å². The first kappa shape index (κ1) is 42.7. The summed E-state index contributed by atoms with van der Waals surface area (Å²) in [6, 6.07) is 0. The normalized spacial score (nSPS) is 5.91. The third kappa shape index (κ3) is 10500. The molecule has 0 aliphatic rings. The maximum Gasteiger partial charge on any atom is 0.300 e. The molecule has 0 amide bonds. The zero-order valence-electron chi connectivity index (χ0n) is 13.0. The van der Waals surface area contributed by atoms with Gasteiger partial charge in [0.25, 0.3) is 23.9 Å². The largest absolute Gasteiger partial charge is 0.481 e. The van der Waals surface area contributed by atoms with E-state index in [1.165, 1.54) is 0 Å². The fraction of sp³-hybridized carbons (Fsp3) is 0.600. The number of carboxylic acids is 4. The van der Waals surface area contributed by atoms with Crippen LogP contribution in [-0.4, -0.2) is 57.4 Å². The first-order valence-electron chi connectivity index (χ1n) is 5.03. The fourth-order valence-corrected chi connectivity index (χ4v) is 0. The zero-order chi connectivity index (χ0) is 17.7. The Hall–Kier alpha value is -1.72. The van der Waals surface area contributed by atoms with Crippen molar-refractivity contribution < 1.29 is 56.7 Å². The van der Waals surface area contributed by atoms with Crippen LogP contribution in [0.25, 0.3) is 0 Å². The van der Waals surface area contributed by atoms with Gasteiger partial charge in [0, 0.05) is 57.9 Å². The Morgan fingerprint density at radius 1 is 0.636 bits per heavy atom. The van der Waals surface area contributed by atoms with Crippen LogP contribution < -0.4 is 17.6 Å². The van der Waals surface area contributed by atoms with E-state index in [-0.39, 0.29) is 23.2 Å². The predicted octanol–water partition coefficient (Wildman–Crippen LogP) is -0.573. The SMILES string of the molecule is CC(=O)O.CC(=O)O.CC(=O)O.CC(=O)O.N.NCCN.[Cu]. The van der Waals surface area contributed by atoms with Gasteiger partial charge in [0.1, 0.15) is 0 Å². The molecule has 0 aromatic heterocycles. The molecule has 0 spiro atoms. The van der Waals surface area contributed by atoms with Crippen LogP contribution >= 0.6 is 0 Å². The van der Waals surface area contributed by atoms with Gasteiger partial charge in [-0.15, -0.1) is 0 Å². The Morgan fingerprint density at radius 3 is 0.682 bits per heavy atom. The first-order valence-corrected chi connectivity index (χ1v) is 5.03. The van der Waals surface area contributed by atoms with Gasteiger partial charge >= 0.3 is 0 Å². The molecule has 0 aliphatic carbocycles. The number of hydrogen-bond acceptors (Lipinski definition) is 7. The van der Waals surface area contributed by atoms with Crippen molar-refractivity contribution in [2.45, 2.75) is 27.7 Å². The summed E-state index contributed by atoms with van der Waals surface area (Å²) in [4.78, 5) is 36.0. The molecule has 22 heavy (non-hydrogen) atoms. The minimum absolute atomic E-state index is 0. The molecular formula is C10H27CuN3O8. The molecule has 0 heterocycles. The van der Waals surface area contributed by atoms with Gasteiger partial charge < -0.3 is 38.0 Å². The van der Waals surface area contributed by atoms with Gasteiger partial charge in [-0.1, -0.05) is 0 Å². The summed E-state index contributed by atoms with van der Waals surface area (Å²) in [5.41, 5.74) is 9.81. The second-order valence-corrected chi connectivity index (χ2v) is 2.65. The van der Waals surface area contributed by atoms with Gasteiger partial charge in [-0.3, -0.25) is 19.2 Å². The smallest absolute Gasteiger partial charge is 0.300 e. The quantitative estimate of drug-likeness (QED) is 0.284. The first-order chi connectivity index (χ1) is 8.84. The Balaban J connectivity index is -0.0000000250. The number of rotatable bonds is 1. The molecule has 0 aliphatic heterocycles. The van der Waals surface area contributed by atoms with Crippen molar-refractivity contribution in [3.8, 4) is 0 Å². The molecule has 0 aromatic carbocycles. The van der Waals surface area contributed by atoms with Crippen LogP contribution in [0.2, 0.25) is 0 Å². The summed E-state index contributed by atoms with van der Waals surface area (Å²) in [6.45, 7) is 5.53. The van der Waals surface area contributed by atoms with Crippen molar-refractivity contribution in [2.24, 2.45) is 11.5 Å². The molecule has 11 nitrogen and oxygen atoms in total. The summed E-state index contributed by atoms with van der Waals surface area (Å²) in [6.07, 6.45) is 0. The molecule has 0 saturated heterocycles. The van der Waals surface area contributed by atoms with E-state index in [4.69, 9.17) is 51.1 Å². The Bertz CT molecular complexity index is 199. The van der Waals surface area contributed by atoms with Crippen molar-refractivity contribution in [3.63, 3.8) is 0 Å². The number of aliphatic carboxylic acids is 4. The monoisotopic (exact) mass is 380 g/mol. The van der Waals surface area contributed by atoms with E-state index >= 15 is 0 Å². The molecule has 0 fully saturated rings. The number of hydrogen-bond donors (Lipinski definition) is 7. The summed E-state index contributed by atoms with van der Waals surface area (Å²) < 4.78 is 0. The molecule has 12 heteroatoms. The van der Waals surface area contributed by atoms with Gasteiger partial charge in [0.05, 0.1) is 0 Å². The van der Waals surface area contributed by atoms with Crippen LogP contribution in [0.4, 0.5) is 0 Å². The third-order valence-corrected chi connectivity index (χ3v) is 0.167. The van der Waals surface area contributed by atoms with Gasteiger partial charge in [-0.2, -0.15) is 0 Å². The van der Waals surface area contributed by atoms with Gasteiger partial charge in [-0.05, 0) is 0 Å². The van der Waals surface area contributed by atoms with Crippen molar-refractivity contribution in [3.05, 3.63) is 0 Å². The number of carboxylic acid groups (broad SMARTS) is 4. The van der Waals surface area contributed by atoms with E-state index in [0.717, 1.165) is 27.7 Å². The van der Waals surface area contributed by atoms with Crippen LogP contribution in [0.5, 0.6) is 0 Å². The average Bonchev–Trinajstić information content (AvgIpc) is 2.13. The van der Waals surface area contributed by atoms with Gasteiger partial charge in [0.2, 0.25) is 0 Å². The van der Waals surface area contributed by atoms with Crippen LogP contribution in [0.15, 0.2) is 0 Å². The van der Waals surface area contributed by atoms with Crippen molar-refractivity contribution >= 4 is 23.9 Å². The second-order valence-electron chi connectivity index (χ2n) is 2.65. The summed E-state index contributed by atoms with van der Waals surface area (Å²) >= 11 is 0. The minimum Gasteiger partial charge on any atom is -0.481 e. The van der Waals surface area contributed by atoms with Gasteiger partial charge in [0.15, 0.2) is 0 Å². The zero-order valence-corrected chi connectivity index (χ0v) is 13.9.